The number of hydrogen-bond acceptors (Lipinski definition) is 8. The summed E-state index contributed by atoms with van der Waals surface area (Å²) in [5.41, 5.74) is 3.88. The third kappa shape index (κ3) is 5.94. The molecule has 1 N–H and O–H groups in total. The second-order valence-corrected chi connectivity index (χ2v) is 8.25. The molecule has 13 heteroatoms. The van der Waals surface area contributed by atoms with E-state index in [9.17, 15) is 13.2 Å². The Morgan fingerprint density at radius 1 is 1.08 bits per heavy atom. The first kappa shape index (κ1) is 24.0. The summed E-state index contributed by atoms with van der Waals surface area (Å²) in [5, 5.41) is 16.0. The molecular formula is C24H21F3N8O2. The van der Waals surface area contributed by atoms with Gasteiger partial charge < -0.3 is 14.6 Å². The topological polar surface area (TPSA) is 109 Å². The van der Waals surface area contributed by atoms with Crippen LogP contribution in [-0.2, 0) is 20.1 Å². The van der Waals surface area contributed by atoms with Crippen molar-refractivity contribution < 1.29 is 22.4 Å². The second-order valence-electron chi connectivity index (χ2n) is 8.25. The highest BCUT2D eigenvalue weighted by atomic mass is 19.4. The van der Waals surface area contributed by atoms with E-state index in [1.807, 2.05) is 43.0 Å². The highest BCUT2D eigenvalue weighted by molar-refractivity contribution is 5.59. The molecule has 5 rings (SSSR count). The van der Waals surface area contributed by atoms with E-state index in [1.54, 1.807) is 17.1 Å². The Kier molecular flexibility index (Phi) is 6.34. The predicted octanol–water partition coefficient (Wildman–Crippen LogP) is 4.60. The van der Waals surface area contributed by atoms with Gasteiger partial charge in [0.2, 0.25) is 5.82 Å². The summed E-state index contributed by atoms with van der Waals surface area (Å²) < 4.78 is 49.9. The zero-order chi connectivity index (χ0) is 26.0. The number of nitrogens with one attached hydrogen (secondary N) is 1. The van der Waals surface area contributed by atoms with Crippen molar-refractivity contribution in [2.24, 2.45) is 7.05 Å². The first-order valence-electron chi connectivity index (χ1n) is 11.1. The zero-order valence-electron chi connectivity index (χ0n) is 19.8. The summed E-state index contributed by atoms with van der Waals surface area (Å²) in [4.78, 5) is 8.71. The van der Waals surface area contributed by atoms with Gasteiger partial charge in [-0.1, -0.05) is 5.16 Å². The number of anilines is 1. The molecule has 0 atom stereocenters. The molecule has 5 aromatic rings. The molecule has 0 unspecified atom stereocenters. The van der Waals surface area contributed by atoms with Gasteiger partial charge in [0.1, 0.15) is 11.6 Å². The molecule has 0 fully saturated rings. The van der Waals surface area contributed by atoms with E-state index in [1.165, 1.54) is 24.3 Å². The van der Waals surface area contributed by atoms with E-state index in [2.05, 4.69) is 35.4 Å². The fourth-order valence-corrected chi connectivity index (χ4v) is 3.62. The Bertz CT molecular complexity index is 1500. The van der Waals surface area contributed by atoms with Crippen molar-refractivity contribution >= 4 is 5.82 Å². The molecule has 0 saturated heterocycles. The van der Waals surface area contributed by atoms with Gasteiger partial charge in [-0.25, -0.2) is 4.98 Å². The van der Waals surface area contributed by atoms with Crippen LogP contribution in [0.2, 0.25) is 0 Å². The average molecular weight is 510 g/mol. The third-order valence-corrected chi connectivity index (χ3v) is 5.36. The van der Waals surface area contributed by atoms with Crippen molar-refractivity contribution in [3.8, 4) is 28.7 Å². The maximum atomic E-state index is 12.4. The van der Waals surface area contributed by atoms with Gasteiger partial charge in [0.25, 0.3) is 5.89 Å². The van der Waals surface area contributed by atoms with Crippen molar-refractivity contribution in [1.29, 1.82) is 0 Å². The van der Waals surface area contributed by atoms with Crippen molar-refractivity contribution in [2.45, 2.75) is 26.4 Å². The van der Waals surface area contributed by atoms with Gasteiger partial charge in [0.05, 0.1) is 12.7 Å². The van der Waals surface area contributed by atoms with Crippen LogP contribution < -0.4 is 10.1 Å². The van der Waals surface area contributed by atoms with Gasteiger partial charge >= 0.3 is 6.36 Å². The Morgan fingerprint density at radius 2 is 1.89 bits per heavy atom. The van der Waals surface area contributed by atoms with Crippen molar-refractivity contribution in [1.82, 2.24) is 34.7 Å². The van der Waals surface area contributed by atoms with Gasteiger partial charge in [-0.2, -0.15) is 15.2 Å². The molecule has 190 valence electrons. The van der Waals surface area contributed by atoms with Crippen molar-refractivity contribution in [3.05, 3.63) is 77.9 Å². The van der Waals surface area contributed by atoms with Crippen LogP contribution >= 0.6 is 0 Å². The van der Waals surface area contributed by atoms with Gasteiger partial charge in [-0.15, -0.1) is 13.2 Å². The van der Waals surface area contributed by atoms with E-state index in [0.29, 0.717) is 24.3 Å². The number of hydrogen-bond donors (Lipinski definition) is 1. The molecule has 0 aliphatic rings. The molecule has 0 radical (unpaired) electrons. The van der Waals surface area contributed by atoms with Crippen LogP contribution in [0.5, 0.6) is 5.75 Å². The maximum absolute atomic E-state index is 12.4. The monoisotopic (exact) mass is 510 g/mol. The highest BCUT2D eigenvalue weighted by Crippen LogP contribution is 2.27. The van der Waals surface area contributed by atoms with E-state index in [4.69, 9.17) is 4.52 Å². The molecule has 4 heterocycles. The summed E-state index contributed by atoms with van der Waals surface area (Å²) in [6.45, 7) is 3.01. The molecule has 0 amide bonds. The molecule has 37 heavy (non-hydrogen) atoms. The first-order chi connectivity index (χ1) is 17.7. The Hall–Kier alpha value is -4.68. The minimum Gasteiger partial charge on any atom is -0.406 e. The molecular weight excluding hydrogens is 489 g/mol. The molecule has 0 spiro atoms. The van der Waals surface area contributed by atoms with E-state index < -0.39 is 6.36 Å². The number of aromatic nitrogens is 7. The van der Waals surface area contributed by atoms with Crippen LogP contribution in [0.4, 0.5) is 19.0 Å². The average Bonchev–Trinajstić information content (AvgIpc) is 3.58. The minimum atomic E-state index is -4.76. The van der Waals surface area contributed by atoms with Crippen LogP contribution in [-0.4, -0.2) is 41.0 Å². The molecule has 0 aliphatic heterocycles. The van der Waals surface area contributed by atoms with Gasteiger partial charge in [0.15, 0.2) is 5.69 Å². The summed E-state index contributed by atoms with van der Waals surface area (Å²) in [6.07, 6.45) is 0.708. The Balaban J connectivity index is 1.27. The largest absolute Gasteiger partial charge is 0.573 e. The van der Waals surface area contributed by atoms with Crippen molar-refractivity contribution in [3.63, 3.8) is 0 Å². The molecule has 1 aromatic carbocycles. The smallest absolute Gasteiger partial charge is 0.406 e. The summed E-state index contributed by atoms with van der Waals surface area (Å²) in [7, 11) is 1.87. The Labute approximate surface area is 208 Å². The van der Waals surface area contributed by atoms with Gasteiger partial charge in [-0.3, -0.25) is 9.36 Å². The predicted molar refractivity (Wildman–Crippen MR) is 126 cm³/mol. The number of aryl methyl sites for hydroxylation is 2. The van der Waals surface area contributed by atoms with Gasteiger partial charge in [0, 0.05) is 42.8 Å². The molecule has 0 bridgehead atoms. The first-order valence-corrected chi connectivity index (χ1v) is 11.1. The van der Waals surface area contributed by atoms with E-state index in [0.717, 1.165) is 22.6 Å². The van der Waals surface area contributed by atoms with Crippen LogP contribution in [0.25, 0.3) is 23.0 Å². The van der Waals surface area contributed by atoms with Crippen LogP contribution in [0.15, 0.2) is 65.6 Å². The number of alkyl halides is 3. The summed E-state index contributed by atoms with van der Waals surface area (Å²) in [6, 6.07) is 10.9. The van der Waals surface area contributed by atoms with Crippen molar-refractivity contribution in [2.75, 3.05) is 5.32 Å². The Morgan fingerprint density at radius 3 is 2.62 bits per heavy atom. The van der Waals surface area contributed by atoms with Crippen LogP contribution in [0.1, 0.15) is 16.8 Å². The van der Waals surface area contributed by atoms with Crippen LogP contribution in [0.3, 0.4) is 0 Å². The SMILES string of the molecule is Cc1cc(-c2nc(-c3ccc(OC(F)(F)F)cc3)no2)nn1Cc1ccnc(NCc2cnn(C)c2)c1. The third-order valence-electron chi connectivity index (χ3n) is 5.36. The molecule has 4 aromatic heterocycles. The molecule has 0 saturated carbocycles. The van der Waals surface area contributed by atoms with Crippen LogP contribution in [0, 0.1) is 6.92 Å². The van der Waals surface area contributed by atoms with E-state index >= 15 is 0 Å². The highest BCUT2D eigenvalue weighted by Gasteiger charge is 2.31. The summed E-state index contributed by atoms with van der Waals surface area (Å²) >= 11 is 0. The second kappa shape index (κ2) is 9.76. The fourth-order valence-electron chi connectivity index (χ4n) is 3.62. The maximum Gasteiger partial charge on any atom is 0.573 e. The minimum absolute atomic E-state index is 0.195. The number of nitrogens with zero attached hydrogens (tertiary/aromatic N) is 7. The number of rotatable bonds is 8. The lowest BCUT2D eigenvalue weighted by molar-refractivity contribution is -0.274. The zero-order valence-corrected chi connectivity index (χ0v) is 19.8. The van der Waals surface area contributed by atoms with E-state index in [-0.39, 0.29) is 17.5 Å². The number of halogens is 3. The number of benzene rings is 1. The molecule has 0 aliphatic carbocycles. The lowest BCUT2D eigenvalue weighted by Crippen LogP contribution is -2.16. The lowest BCUT2D eigenvalue weighted by Gasteiger charge is -2.08. The van der Waals surface area contributed by atoms with Gasteiger partial charge in [-0.05, 0) is 55.0 Å². The normalized spacial score (nSPS) is 11.6. The lowest BCUT2D eigenvalue weighted by atomic mass is 10.2. The molecule has 10 nitrogen and oxygen atoms in total. The number of pyridine rings is 1. The number of ether oxygens (including phenoxy) is 1. The summed E-state index contributed by atoms with van der Waals surface area (Å²) in [5.74, 6) is 0.820. The standard InChI is InChI=1S/C24H21F3N8O2/c1-15-9-20(23-31-22(33-37-23)18-3-5-19(6-4-18)36-24(25,26)27)32-35(15)14-16-7-8-28-21(10-16)29-11-17-12-30-34(2)13-17/h3-10,12-13H,11,14H2,1-2H3,(H,28,29). The fraction of sp³-hybridized carbons (Fsp3) is 0.208. The quantitative estimate of drug-likeness (QED) is 0.323.